The lowest BCUT2D eigenvalue weighted by Crippen LogP contribution is -2.26. The molecule has 0 spiro atoms. The molecule has 2 fully saturated rings. The summed E-state index contributed by atoms with van der Waals surface area (Å²) in [6.45, 7) is 2.76. The first-order valence-corrected chi connectivity index (χ1v) is 8.37. The fourth-order valence-corrected chi connectivity index (χ4v) is 3.82. The van der Waals surface area contributed by atoms with Crippen LogP contribution in [0.25, 0.3) is 0 Å². The summed E-state index contributed by atoms with van der Waals surface area (Å²) in [5, 5.41) is 3.10. The van der Waals surface area contributed by atoms with Gasteiger partial charge in [0.1, 0.15) is 0 Å². The molecule has 0 aromatic carbocycles. The molecule has 0 saturated heterocycles. The van der Waals surface area contributed by atoms with Gasteiger partial charge in [0.25, 0.3) is 0 Å². The highest BCUT2D eigenvalue weighted by Crippen LogP contribution is 2.37. The Labute approximate surface area is 114 Å². The van der Waals surface area contributed by atoms with E-state index in [1.807, 2.05) is 7.05 Å². The molecule has 6 heteroatoms. The molecule has 2 N–H and O–H groups in total. The molecular formula is C13H21N3O2S. The molecule has 2 aliphatic rings. The third-order valence-electron chi connectivity index (χ3n) is 3.93. The van der Waals surface area contributed by atoms with Gasteiger partial charge in [-0.3, -0.25) is 0 Å². The van der Waals surface area contributed by atoms with Gasteiger partial charge in [-0.2, -0.15) is 0 Å². The Balaban J connectivity index is 1.85. The minimum atomic E-state index is -3.35. The summed E-state index contributed by atoms with van der Waals surface area (Å²) < 4.78 is 29.5. The van der Waals surface area contributed by atoms with Gasteiger partial charge in [-0.25, -0.2) is 13.1 Å². The lowest BCUT2D eigenvalue weighted by molar-refractivity contribution is 0.578. The maximum absolute atomic E-state index is 12.3. The normalized spacial score (nSPS) is 26.6. The summed E-state index contributed by atoms with van der Waals surface area (Å²) >= 11 is 0. The van der Waals surface area contributed by atoms with Crippen LogP contribution in [0.4, 0.5) is 0 Å². The highest BCUT2D eigenvalue weighted by atomic mass is 32.2. The van der Waals surface area contributed by atoms with Crippen LogP contribution in [-0.2, 0) is 16.6 Å². The van der Waals surface area contributed by atoms with Crippen LogP contribution in [-0.4, -0.2) is 26.1 Å². The van der Waals surface area contributed by atoms with E-state index in [-0.39, 0.29) is 6.04 Å². The Bertz CT molecular complexity index is 575. The molecule has 1 heterocycles. The largest absolute Gasteiger partial charge is 0.346 e. The number of rotatable bonds is 6. The molecule has 0 bridgehead atoms. The molecule has 2 unspecified atom stereocenters. The van der Waals surface area contributed by atoms with Crippen molar-refractivity contribution in [3.05, 3.63) is 18.0 Å². The highest BCUT2D eigenvalue weighted by molar-refractivity contribution is 7.89. The number of nitrogens with zero attached hydrogens (tertiary/aromatic N) is 1. The molecule has 0 aliphatic heterocycles. The second-order valence-electron chi connectivity index (χ2n) is 5.78. The van der Waals surface area contributed by atoms with Gasteiger partial charge in [0.05, 0.1) is 4.90 Å². The van der Waals surface area contributed by atoms with Gasteiger partial charge in [0.2, 0.25) is 10.0 Å². The van der Waals surface area contributed by atoms with Crippen molar-refractivity contribution in [1.29, 1.82) is 0 Å². The topological polar surface area (TPSA) is 63.1 Å². The predicted octanol–water partition coefficient (Wildman–Crippen LogP) is 1.23. The molecule has 1 aromatic rings. The SMILES string of the molecule is CNCc1cc(S(=O)(=O)NC2CC2C)cn1C1CC1. The fourth-order valence-electron chi connectivity index (χ4n) is 2.41. The fraction of sp³-hybridized carbons (Fsp3) is 0.692. The smallest absolute Gasteiger partial charge is 0.242 e. The van der Waals surface area contributed by atoms with Gasteiger partial charge in [-0.15, -0.1) is 0 Å². The van der Waals surface area contributed by atoms with E-state index < -0.39 is 10.0 Å². The monoisotopic (exact) mass is 283 g/mol. The summed E-state index contributed by atoms with van der Waals surface area (Å²) in [5.41, 5.74) is 1.05. The maximum Gasteiger partial charge on any atom is 0.242 e. The van der Waals surface area contributed by atoms with Crippen molar-refractivity contribution >= 4 is 10.0 Å². The summed E-state index contributed by atoms with van der Waals surface area (Å²) in [4.78, 5) is 0.406. The molecule has 2 saturated carbocycles. The van der Waals surface area contributed by atoms with Crippen molar-refractivity contribution < 1.29 is 8.42 Å². The van der Waals surface area contributed by atoms with Crippen LogP contribution >= 0.6 is 0 Å². The highest BCUT2D eigenvalue weighted by Gasteiger charge is 2.37. The number of nitrogens with one attached hydrogen (secondary N) is 2. The molecule has 3 rings (SSSR count). The molecule has 0 radical (unpaired) electrons. The van der Waals surface area contributed by atoms with E-state index in [0.717, 1.165) is 25.0 Å². The number of hydrogen-bond donors (Lipinski definition) is 2. The maximum atomic E-state index is 12.3. The van der Waals surface area contributed by atoms with Crippen LogP contribution < -0.4 is 10.0 Å². The van der Waals surface area contributed by atoms with Crippen molar-refractivity contribution in [3.63, 3.8) is 0 Å². The summed E-state index contributed by atoms with van der Waals surface area (Å²) in [6.07, 6.45) is 5.04. The lowest BCUT2D eigenvalue weighted by Gasteiger charge is -2.05. The minimum Gasteiger partial charge on any atom is -0.346 e. The van der Waals surface area contributed by atoms with Crippen molar-refractivity contribution in [2.75, 3.05) is 7.05 Å². The Morgan fingerprint density at radius 2 is 2.11 bits per heavy atom. The van der Waals surface area contributed by atoms with Crippen LogP contribution in [0.5, 0.6) is 0 Å². The minimum absolute atomic E-state index is 0.127. The van der Waals surface area contributed by atoms with Gasteiger partial charge < -0.3 is 9.88 Å². The Hall–Kier alpha value is -0.850. The first kappa shape index (κ1) is 13.1. The third kappa shape index (κ3) is 2.70. The Morgan fingerprint density at radius 1 is 1.42 bits per heavy atom. The number of aromatic nitrogens is 1. The van der Waals surface area contributed by atoms with Crippen molar-refractivity contribution in [2.45, 2.75) is 49.7 Å². The van der Waals surface area contributed by atoms with Gasteiger partial charge in [-0.1, -0.05) is 6.92 Å². The van der Waals surface area contributed by atoms with E-state index in [9.17, 15) is 8.42 Å². The van der Waals surface area contributed by atoms with Crippen LogP contribution in [0.1, 0.15) is 37.9 Å². The molecule has 2 atom stereocenters. The zero-order valence-electron chi connectivity index (χ0n) is 11.4. The zero-order valence-corrected chi connectivity index (χ0v) is 12.2. The Morgan fingerprint density at radius 3 is 2.63 bits per heavy atom. The van der Waals surface area contributed by atoms with Crippen molar-refractivity contribution in [1.82, 2.24) is 14.6 Å². The number of sulfonamides is 1. The molecule has 2 aliphatic carbocycles. The standard InChI is InChI=1S/C13H21N3O2S/c1-9-5-13(9)15-19(17,18)12-6-11(7-14-2)16(8-12)10-3-4-10/h6,8-10,13-15H,3-5,7H2,1-2H3. The van der Waals surface area contributed by atoms with E-state index in [1.165, 1.54) is 0 Å². The second-order valence-corrected chi connectivity index (χ2v) is 7.49. The van der Waals surface area contributed by atoms with Gasteiger partial charge in [0.15, 0.2) is 0 Å². The summed E-state index contributed by atoms with van der Waals surface area (Å²) in [7, 11) is -1.48. The van der Waals surface area contributed by atoms with Gasteiger partial charge in [0, 0.05) is 30.5 Å². The first-order valence-electron chi connectivity index (χ1n) is 6.89. The molecule has 5 nitrogen and oxygen atoms in total. The van der Waals surface area contributed by atoms with Crippen LogP contribution in [0, 0.1) is 5.92 Å². The first-order chi connectivity index (χ1) is 9.01. The van der Waals surface area contributed by atoms with Crippen molar-refractivity contribution in [2.24, 2.45) is 5.92 Å². The molecule has 1 aromatic heterocycles. The summed E-state index contributed by atoms with van der Waals surface area (Å²) in [5.74, 6) is 0.470. The average molecular weight is 283 g/mol. The van der Waals surface area contributed by atoms with Crippen LogP contribution in [0.15, 0.2) is 17.2 Å². The van der Waals surface area contributed by atoms with E-state index in [2.05, 4.69) is 21.5 Å². The predicted molar refractivity (Wildman–Crippen MR) is 73.4 cm³/mol. The average Bonchev–Trinajstić information content (AvgIpc) is 3.24. The molecular weight excluding hydrogens is 262 g/mol. The van der Waals surface area contributed by atoms with E-state index in [4.69, 9.17) is 0 Å². The van der Waals surface area contributed by atoms with Crippen LogP contribution in [0.3, 0.4) is 0 Å². The molecule has 0 amide bonds. The zero-order chi connectivity index (χ0) is 13.6. The van der Waals surface area contributed by atoms with Gasteiger partial charge >= 0.3 is 0 Å². The van der Waals surface area contributed by atoms with Gasteiger partial charge in [-0.05, 0) is 38.3 Å². The van der Waals surface area contributed by atoms with E-state index in [1.54, 1.807) is 12.3 Å². The summed E-state index contributed by atoms with van der Waals surface area (Å²) in [6, 6.07) is 2.42. The van der Waals surface area contributed by atoms with Crippen molar-refractivity contribution in [3.8, 4) is 0 Å². The molecule has 19 heavy (non-hydrogen) atoms. The van der Waals surface area contributed by atoms with E-state index in [0.29, 0.717) is 23.4 Å². The van der Waals surface area contributed by atoms with E-state index >= 15 is 0 Å². The lowest BCUT2D eigenvalue weighted by atomic mass is 10.4. The van der Waals surface area contributed by atoms with Crippen LogP contribution in [0.2, 0.25) is 0 Å². The molecule has 106 valence electrons. The number of hydrogen-bond acceptors (Lipinski definition) is 3. The second kappa shape index (κ2) is 4.61. The third-order valence-corrected chi connectivity index (χ3v) is 5.39. The Kier molecular flexibility index (Phi) is 3.19. The quantitative estimate of drug-likeness (QED) is 0.825.